The quantitative estimate of drug-likeness (QED) is 0.174. The van der Waals surface area contributed by atoms with Crippen LogP contribution in [0.25, 0.3) is 110 Å². The molecular formula is C49H29N3O. The lowest BCUT2D eigenvalue weighted by atomic mass is 9.92. The van der Waals surface area contributed by atoms with Crippen LogP contribution in [0.3, 0.4) is 0 Å². The zero-order valence-electron chi connectivity index (χ0n) is 28.5. The predicted octanol–water partition coefficient (Wildman–Crippen LogP) is 13.1. The first-order chi connectivity index (χ1) is 26.3. The Kier molecular flexibility index (Phi) is 6.52. The van der Waals surface area contributed by atoms with Crippen LogP contribution in [0.2, 0.25) is 0 Å². The maximum Gasteiger partial charge on any atom is 0.160 e. The van der Waals surface area contributed by atoms with Gasteiger partial charge in [-0.3, -0.25) is 0 Å². The molecule has 0 spiro atoms. The van der Waals surface area contributed by atoms with Crippen molar-refractivity contribution < 1.29 is 4.42 Å². The van der Waals surface area contributed by atoms with Gasteiger partial charge in [-0.05, 0) is 68.7 Å². The Bertz CT molecular complexity index is 3130. The van der Waals surface area contributed by atoms with E-state index in [1.807, 2.05) is 48.5 Å². The molecule has 4 nitrogen and oxygen atoms in total. The Morgan fingerprint density at radius 3 is 1.49 bits per heavy atom. The van der Waals surface area contributed by atoms with E-state index in [2.05, 4.69) is 127 Å². The number of furan rings is 1. The molecular weight excluding hydrogens is 647 g/mol. The minimum Gasteiger partial charge on any atom is -0.455 e. The van der Waals surface area contributed by atoms with E-state index in [-0.39, 0.29) is 0 Å². The normalized spacial score (nSPS) is 11.8. The van der Waals surface area contributed by atoms with E-state index < -0.39 is 0 Å². The standard InChI is InChI=1S/C49H29N3O/c1-3-13-30(14-4-1)43-29-44(31-15-5-2-6-16-31)52-49(51-43)33-24-26-42-41(28-33)48-46(39-21-11-12-22-45(39)53-48)47(50-42)32-23-25-38-36-19-8-7-17-34(36)35-18-9-10-20-37(35)40(38)27-32/h1-29H. The van der Waals surface area contributed by atoms with Gasteiger partial charge in [-0.2, -0.15) is 0 Å². The Labute approximate surface area is 304 Å². The van der Waals surface area contributed by atoms with Crippen LogP contribution < -0.4 is 0 Å². The predicted molar refractivity (Wildman–Crippen MR) is 219 cm³/mol. The van der Waals surface area contributed by atoms with Gasteiger partial charge in [-0.15, -0.1) is 0 Å². The summed E-state index contributed by atoms with van der Waals surface area (Å²) in [5.41, 5.74) is 9.14. The molecule has 4 heteroatoms. The van der Waals surface area contributed by atoms with E-state index >= 15 is 0 Å². The molecule has 0 bridgehead atoms. The molecule has 0 saturated carbocycles. The summed E-state index contributed by atoms with van der Waals surface area (Å²) in [5.74, 6) is 0.647. The molecule has 0 saturated heterocycles. The minimum absolute atomic E-state index is 0.647. The average Bonchev–Trinajstić information content (AvgIpc) is 3.64. The maximum atomic E-state index is 6.74. The smallest absolute Gasteiger partial charge is 0.160 e. The average molecular weight is 676 g/mol. The van der Waals surface area contributed by atoms with E-state index in [1.165, 1.54) is 32.3 Å². The van der Waals surface area contributed by atoms with Crippen molar-refractivity contribution >= 4 is 65.2 Å². The number of aromatic nitrogens is 3. The summed E-state index contributed by atoms with van der Waals surface area (Å²) in [7, 11) is 0. The molecule has 0 aliphatic heterocycles. The molecule has 0 aliphatic rings. The molecule has 0 atom stereocenters. The molecule has 0 fully saturated rings. The van der Waals surface area contributed by atoms with E-state index in [9.17, 15) is 0 Å². The first-order valence-electron chi connectivity index (χ1n) is 17.9. The molecule has 0 unspecified atom stereocenters. The van der Waals surface area contributed by atoms with Crippen molar-refractivity contribution in [3.05, 3.63) is 176 Å². The summed E-state index contributed by atoms with van der Waals surface area (Å²) < 4.78 is 6.74. The number of fused-ring (bicyclic) bond motifs is 11. The highest BCUT2D eigenvalue weighted by molar-refractivity contribution is 6.26. The Morgan fingerprint density at radius 2 is 0.849 bits per heavy atom. The van der Waals surface area contributed by atoms with E-state index in [1.54, 1.807) is 0 Å². The highest BCUT2D eigenvalue weighted by Gasteiger charge is 2.20. The molecule has 11 rings (SSSR count). The van der Waals surface area contributed by atoms with Gasteiger partial charge in [0.1, 0.15) is 11.2 Å². The van der Waals surface area contributed by atoms with Gasteiger partial charge in [0.05, 0.1) is 28.0 Å². The van der Waals surface area contributed by atoms with Gasteiger partial charge in [0.2, 0.25) is 0 Å². The lowest BCUT2D eigenvalue weighted by molar-refractivity contribution is 0.672. The molecule has 0 aliphatic carbocycles. The Balaban J connectivity index is 1.16. The largest absolute Gasteiger partial charge is 0.455 e. The van der Waals surface area contributed by atoms with Crippen LogP contribution >= 0.6 is 0 Å². The molecule has 0 radical (unpaired) electrons. The summed E-state index contributed by atoms with van der Waals surface area (Å²) in [6.07, 6.45) is 0. The lowest BCUT2D eigenvalue weighted by Gasteiger charge is -2.13. The van der Waals surface area contributed by atoms with Crippen LogP contribution in [0.15, 0.2) is 180 Å². The molecule has 8 aromatic carbocycles. The number of nitrogens with zero attached hydrogens (tertiary/aromatic N) is 3. The van der Waals surface area contributed by atoms with Crippen LogP contribution in [-0.4, -0.2) is 15.0 Å². The number of rotatable bonds is 4. The van der Waals surface area contributed by atoms with Gasteiger partial charge in [-0.1, -0.05) is 140 Å². The fourth-order valence-electron chi connectivity index (χ4n) is 7.95. The number of benzene rings is 8. The van der Waals surface area contributed by atoms with Crippen molar-refractivity contribution in [1.82, 2.24) is 15.0 Å². The zero-order chi connectivity index (χ0) is 34.9. The fraction of sp³-hybridized carbons (Fsp3) is 0. The zero-order valence-corrected chi connectivity index (χ0v) is 28.5. The van der Waals surface area contributed by atoms with Crippen LogP contribution in [0.4, 0.5) is 0 Å². The minimum atomic E-state index is 0.647. The first-order valence-corrected chi connectivity index (χ1v) is 17.9. The number of pyridine rings is 1. The summed E-state index contributed by atoms with van der Waals surface area (Å²) >= 11 is 0. The molecule has 0 N–H and O–H groups in total. The summed E-state index contributed by atoms with van der Waals surface area (Å²) in [4.78, 5) is 15.6. The number of hydrogen-bond donors (Lipinski definition) is 0. The van der Waals surface area contributed by atoms with Crippen LogP contribution in [0, 0.1) is 0 Å². The van der Waals surface area contributed by atoms with Crippen molar-refractivity contribution in [1.29, 1.82) is 0 Å². The summed E-state index contributed by atoms with van der Waals surface area (Å²) in [6, 6.07) is 61.3. The lowest BCUT2D eigenvalue weighted by Crippen LogP contribution is -1.96. The molecule has 246 valence electrons. The molecule has 3 aromatic heterocycles. The molecule has 0 amide bonds. The van der Waals surface area contributed by atoms with Crippen molar-refractivity contribution in [2.45, 2.75) is 0 Å². The van der Waals surface area contributed by atoms with Crippen molar-refractivity contribution in [3.8, 4) is 45.2 Å². The second-order valence-corrected chi connectivity index (χ2v) is 13.5. The fourth-order valence-corrected chi connectivity index (χ4v) is 7.95. The van der Waals surface area contributed by atoms with Gasteiger partial charge in [-0.25, -0.2) is 15.0 Å². The number of para-hydroxylation sites is 1. The second kappa shape index (κ2) is 11.7. The summed E-state index contributed by atoms with van der Waals surface area (Å²) in [5, 5.41) is 10.4. The molecule has 3 heterocycles. The third-order valence-corrected chi connectivity index (χ3v) is 10.4. The highest BCUT2D eigenvalue weighted by Crippen LogP contribution is 2.43. The van der Waals surface area contributed by atoms with Crippen molar-refractivity contribution in [2.75, 3.05) is 0 Å². The van der Waals surface area contributed by atoms with Crippen molar-refractivity contribution in [2.24, 2.45) is 0 Å². The third-order valence-electron chi connectivity index (χ3n) is 10.4. The maximum absolute atomic E-state index is 6.74. The highest BCUT2D eigenvalue weighted by atomic mass is 16.3. The Hall–Kier alpha value is -7.17. The van der Waals surface area contributed by atoms with E-state index in [4.69, 9.17) is 19.4 Å². The molecule has 11 aromatic rings. The van der Waals surface area contributed by atoms with Crippen LogP contribution in [-0.2, 0) is 0 Å². The van der Waals surface area contributed by atoms with E-state index in [0.29, 0.717) is 5.82 Å². The van der Waals surface area contributed by atoms with Crippen molar-refractivity contribution in [3.63, 3.8) is 0 Å². The topological polar surface area (TPSA) is 51.8 Å². The second-order valence-electron chi connectivity index (χ2n) is 13.5. The van der Waals surface area contributed by atoms with Crippen LogP contribution in [0.1, 0.15) is 0 Å². The first kappa shape index (κ1) is 29.5. The van der Waals surface area contributed by atoms with Gasteiger partial charge < -0.3 is 4.42 Å². The Morgan fingerprint density at radius 1 is 0.340 bits per heavy atom. The molecule has 53 heavy (non-hydrogen) atoms. The van der Waals surface area contributed by atoms with Gasteiger partial charge in [0.25, 0.3) is 0 Å². The van der Waals surface area contributed by atoms with E-state index in [0.717, 1.165) is 72.2 Å². The monoisotopic (exact) mass is 675 g/mol. The van der Waals surface area contributed by atoms with Gasteiger partial charge in [0.15, 0.2) is 5.82 Å². The summed E-state index contributed by atoms with van der Waals surface area (Å²) in [6.45, 7) is 0. The van der Waals surface area contributed by atoms with Crippen LogP contribution in [0.5, 0.6) is 0 Å². The van der Waals surface area contributed by atoms with Gasteiger partial charge in [0, 0.05) is 33.0 Å². The third kappa shape index (κ3) is 4.73. The number of hydrogen-bond acceptors (Lipinski definition) is 4. The SMILES string of the molecule is c1ccc(-c2cc(-c3ccccc3)nc(-c3ccc4nc(-c5ccc6c7ccccc7c7ccccc7c6c5)c5c6ccccc6oc5c4c3)n2)cc1. The van der Waals surface area contributed by atoms with Gasteiger partial charge >= 0.3 is 0 Å².